The van der Waals surface area contributed by atoms with Crippen LogP contribution in [0.2, 0.25) is 0 Å². The van der Waals surface area contributed by atoms with Crippen molar-refractivity contribution in [2.45, 2.75) is 20.0 Å². The summed E-state index contributed by atoms with van der Waals surface area (Å²) in [5, 5.41) is 14.3. The van der Waals surface area contributed by atoms with Crippen LogP contribution in [0.4, 0.5) is 17.3 Å². The van der Waals surface area contributed by atoms with Crippen LogP contribution in [0.15, 0.2) is 36.4 Å². The largest absolute Gasteiger partial charge is 0.370 e. The molecule has 0 amide bonds. The van der Waals surface area contributed by atoms with Gasteiger partial charge in [0.15, 0.2) is 0 Å². The van der Waals surface area contributed by atoms with Gasteiger partial charge in [-0.3, -0.25) is 10.1 Å². The third kappa shape index (κ3) is 2.52. The van der Waals surface area contributed by atoms with E-state index in [1.165, 1.54) is 17.2 Å². The summed E-state index contributed by atoms with van der Waals surface area (Å²) >= 11 is 0. The molecule has 21 heavy (non-hydrogen) atoms. The predicted molar refractivity (Wildman–Crippen MR) is 81.4 cm³/mol. The third-order valence-electron chi connectivity index (χ3n) is 3.55. The Balaban J connectivity index is 1.97. The molecule has 1 aromatic heterocycles. The van der Waals surface area contributed by atoms with Gasteiger partial charge in [0, 0.05) is 25.7 Å². The molecule has 0 spiro atoms. The van der Waals surface area contributed by atoms with Crippen molar-refractivity contribution in [2.24, 2.45) is 0 Å². The molecular formula is C15H16N4O2. The average molecular weight is 284 g/mol. The van der Waals surface area contributed by atoms with Crippen molar-refractivity contribution in [3.63, 3.8) is 0 Å². The molecule has 1 aromatic carbocycles. The van der Waals surface area contributed by atoms with Gasteiger partial charge in [-0.05, 0) is 24.1 Å². The SMILES string of the molecule is CCNc1ccc([N+](=O)[O-])c(N2Cc3ccccc3C2)n1. The normalized spacial score (nSPS) is 13.1. The Morgan fingerprint density at radius 1 is 1.24 bits per heavy atom. The van der Waals surface area contributed by atoms with Crippen molar-refractivity contribution in [2.75, 3.05) is 16.8 Å². The maximum Gasteiger partial charge on any atom is 0.311 e. The molecule has 2 heterocycles. The molecule has 1 aliphatic heterocycles. The van der Waals surface area contributed by atoms with Gasteiger partial charge in [-0.25, -0.2) is 4.98 Å². The van der Waals surface area contributed by atoms with Crippen molar-refractivity contribution >= 4 is 17.3 Å². The number of nitrogens with one attached hydrogen (secondary N) is 1. The molecule has 2 aromatic rings. The van der Waals surface area contributed by atoms with Crippen LogP contribution in [0.25, 0.3) is 0 Å². The average Bonchev–Trinajstić information content (AvgIpc) is 2.91. The van der Waals surface area contributed by atoms with Crippen LogP contribution >= 0.6 is 0 Å². The van der Waals surface area contributed by atoms with Crippen molar-refractivity contribution in [1.82, 2.24) is 4.98 Å². The number of rotatable bonds is 4. The van der Waals surface area contributed by atoms with Gasteiger partial charge in [0.25, 0.3) is 0 Å². The minimum atomic E-state index is -0.374. The highest BCUT2D eigenvalue weighted by molar-refractivity contribution is 5.63. The van der Waals surface area contributed by atoms with Crippen LogP contribution < -0.4 is 10.2 Å². The summed E-state index contributed by atoms with van der Waals surface area (Å²) in [6, 6.07) is 11.2. The predicted octanol–water partition coefficient (Wildman–Crippen LogP) is 2.94. The van der Waals surface area contributed by atoms with Crippen molar-refractivity contribution in [3.8, 4) is 0 Å². The zero-order valence-corrected chi connectivity index (χ0v) is 11.7. The van der Waals surface area contributed by atoms with E-state index in [0.29, 0.717) is 24.7 Å². The van der Waals surface area contributed by atoms with Gasteiger partial charge in [-0.15, -0.1) is 0 Å². The smallest absolute Gasteiger partial charge is 0.311 e. The molecule has 0 aliphatic carbocycles. The number of hydrogen-bond donors (Lipinski definition) is 1. The number of fused-ring (bicyclic) bond motifs is 1. The fourth-order valence-corrected chi connectivity index (χ4v) is 2.58. The van der Waals surface area contributed by atoms with E-state index in [1.807, 2.05) is 24.0 Å². The second kappa shape index (κ2) is 5.40. The van der Waals surface area contributed by atoms with E-state index in [4.69, 9.17) is 0 Å². The van der Waals surface area contributed by atoms with E-state index < -0.39 is 0 Å². The Hall–Kier alpha value is -2.63. The number of nitrogens with zero attached hydrogens (tertiary/aromatic N) is 3. The zero-order chi connectivity index (χ0) is 14.8. The van der Waals surface area contributed by atoms with E-state index >= 15 is 0 Å². The van der Waals surface area contributed by atoms with E-state index in [0.717, 1.165) is 6.54 Å². The highest BCUT2D eigenvalue weighted by Gasteiger charge is 2.26. The maximum absolute atomic E-state index is 11.2. The van der Waals surface area contributed by atoms with Crippen LogP contribution in [0.5, 0.6) is 0 Å². The molecule has 6 heteroatoms. The number of anilines is 2. The van der Waals surface area contributed by atoms with Gasteiger partial charge in [-0.2, -0.15) is 0 Å². The molecule has 0 unspecified atom stereocenters. The molecule has 108 valence electrons. The number of aromatic nitrogens is 1. The van der Waals surface area contributed by atoms with Crippen molar-refractivity contribution in [1.29, 1.82) is 0 Å². The summed E-state index contributed by atoms with van der Waals surface area (Å²) in [6.07, 6.45) is 0. The molecular weight excluding hydrogens is 268 g/mol. The molecule has 0 fully saturated rings. The Morgan fingerprint density at radius 2 is 1.90 bits per heavy atom. The molecule has 1 N–H and O–H groups in total. The minimum absolute atomic E-state index is 0.0458. The molecule has 0 bridgehead atoms. The van der Waals surface area contributed by atoms with Gasteiger partial charge in [0.2, 0.25) is 5.82 Å². The van der Waals surface area contributed by atoms with Crippen LogP contribution in [-0.4, -0.2) is 16.5 Å². The summed E-state index contributed by atoms with van der Waals surface area (Å²) in [5.41, 5.74) is 2.44. The second-order valence-corrected chi connectivity index (χ2v) is 4.95. The van der Waals surface area contributed by atoms with E-state index in [-0.39, 0.29) is 10.6 Å². The third-order valence-corrected chi connectivity index (χ3v) is 3.55. The highest BCUT2D eigenvalue weighted by atomic mass is 16.6. The molecule has 0 saturated heterocycles. The van der Waals surface area contributed by atoms with E-state index in [2.05, 4.69) is 22.4 Å². The fourth-order valence-electron chi connectivity index (χ4n) is 2.58. The van der Waals surface area contributed by atoms with Crippen LogP contribution in [-0.2, 0) is 13.1 Å². The number of hydrogen-bond acceptors (Lipinski definition) is 5. The molecule has 6 nitrogen and oxygen atoms in total. The Bertz CT molecular complexity index is 662. The lowest BCUT2D eigenvalue weighted by atomic mass is 10.1. The maximum atomic E-state index is 11.2. The quantitative estimate of drug-likeness (QED) is 0.690. The van der Waals surface area contributed by atoms with Crippen LogP contribution in [0.3, 0.4) is 0 Å². The summed E-state index contributed by atoms with van der Waals surface area (Å²) in [7, 11) is 0. The van der Waals surface area contributed by atoms with Gasteiger partial charge < -0.3 is 10.2 Å². The van der Waals surface area contributed by atoms with Crippen molar-refractivity contribution < 1.29 is 4.92 Å². The first kappa shape index (κ1) is 13.4. The van der Waals surface area contributed by atoms with Gasteiger partial charge in [-0.1, -0.05) is 24.3 Å². The van der Waals surface area contributed by atoms with Gasteiger partial charge in [0.1, 0.15) is 5.82 Å². The Labute approximate surface area is 122 Å². The summed E-state index contributed by atoms with van der Waals surface area (Å²) in [4.78, 5) is 17.2. The zero-order valence-electron chi connectivity index (χ0n) is 11.7. The molecule has 0 radical (unpaired) electrons. The summed E-state index contributed by atoms with van der Waals surface area (Å²) in [6.45, 7) is 4.00. The first-order chi connectivity index (χ1) is 10.2. The Kier molecular flexibility index (Phi) is 3.43. The molecule has 0 saturated carbocycles. The van der Waals surface area contributed by atoms with Gasteiger partial charge in [0.05, 0.1) is 4.92 Å². The lowest BCUT2D eigenvalue weighted by Crippen LogP contribution is -2.18. The monoisotopic (exact) mass is 284 g/mol. The van der Waals surface area contributed by atoms with Gasteiger partial charge >= 0.3 is 5.69 Å². The van der Waals surface area contributed by atoms with Crippen LogP contribution in [0, 0.1) is 10.1 Å². The van der Waals surface area contributed by atoms with E-state index in [1.54, 1.807) is 6.07 Å². The van der Waals surface area contributed by atoms with E-state index in [9.17, 15) is 10.1 Å². The highest BCUT2D eigenvalue weighted by Crippen LogP contribution is 2.33. The first-order valence-corrected chi connectivity index (χ1v) is 6.90. The fraction of sp³-hybridized carbons (Fsp3) is 0.267. The number of pyridine rings is 1. The molecule has 1 aliphatic rings. The molecule has 0 atom stereocenters. The number of nitro groups is 1. The lowest BCUT2D eigenvalue weighted by molar-refractivity contribution is -0.384. The Morgan fingerprint density at radius 3 is 2.48 bits per heavy atom. The lowest BCUT2D eigenvalue weighted by Gasteiger charge is -2.17. The van der Waals surface area contributed by atoms with Crippen molar-refractivity contribution in [3.05, 3.63) is 57.6 Å². The minimum Gasteiger partial charge on any atom is -0.370 e. The summed E-state index contributed by atoms with van der Waals surface area (Å²) < 4.78 is 0. The summed E-state index contributed by atoms with van der Waals surface area (Å²) in [5.74, 6) is 1.09. The number of benzene rings is 1. The first-order valence-electron chi connectivity index (χ1n) is 6.90. The topological polar surface area (TPSA) is 71.3 Å². The second-order valence-electron chi connectivity index (χ2n) is 4.95. The molecule has 3 rings (SSSR count). The van der Waals surface area contributed by atoms with Crippen LogP contribution in [0.1, 0.15) is 18.1 Å². The standard InChI is InChI=1S/C15H16N4O2/c1-2-16-14-8-7-13(19(20)21)15(17-14)18-9-11-5-3-4-6-12(11)10-18/h3-8H,2,9-10H2,1H3,(H,16,17).